The third-order valence-corrected chi connectivity index (χ3v) is 3.98. The summed E-state index contributed by atoms with van der Waals surface area (Å²) in [5, 5.41) is 2.79. The lowest BCUT2D eigenvalue weighted by molar-refractivity contribution is -0.148. The van der Waals surface area contributed by atoms with Gasteiger partial charge in [-0.25, -0.2) is 4.79 Å². The average Bonchev–Trinajstić information content (AvgIpc) is 3.07. The maximum Gasteiger partial charge on any atom is 0.331 e. The molecule has 29 heavy (non-hydrogen) atoms. The Labute approximate surface area is 169 Å². The van der Waals surface area contributed by atoms with E-state index in [0.29, 0.717) is 22.9 Å². The topological polar surface area (TPSA) is 99.9 Å². The van der Waals surface area contributed by atoms with Gasteiger partial charge in [0.15, 0.2) is 11.5 Å². The van der Waals surface area contributed by atoms with Crippen molar-refractivity contribution in [1.29, 1.82) is 0 Å². The SMILES string of the molecule is CC(C)(C)OC(=O)C=Cc1ccc(CC(=O)Nc2cc3c(cc2N)OCO3)cc1. The first kappa shape index (κ1) is 20.3. The molecule has 2 aromatic carbocycles. The van der Waals surface area contributed by atoms with Crippen LogP contribution in [0.5, 0.6) is 11.5 Å². The minimum atomic E-state index is -0.528. The number of fused-ring (bicyclic) bond motifs is 1. The van der Waals surface area contributed by atoms with Crippen molar-refractivity contribution in [3.63, 3.8) is 0 Å². The van der Waals surface area contributed by atoms with Gasteiger partial charge in [-0.3, -0.25) is 4.79 Å². The van der Waals surface area contributed by atoms with Gasteiger partial charge in [-0.05, 0) is 38.0 Å². The highest BCUT2D eigenvalue weighted by Crippen LogP contribution is 2.38. The minimum absolute atomic E-state index is 0.140. The van der Waals surface area contributed by atoms with E-state index in [2.05, 4.69) is 5.32 Å². The first-order valence-electron chi connectivity index (χ1n) is 9.18. The molecule has 152 valence electrons. The summed E-state index contributed by atoms with van der Waals surface area (Å²) in [6.45, 7) is 5.59. The smallest absolute Gasteiger partial charge is 0.331 e. The Balaban J connectivity index is 1.57. The van der Waals surface area contributed by atoms with E-state index in [9.17, 15) is 9.59 Å². The van der Waals surface area contributed by atoms with Crippen molar-refractivity contribution in [2.45, 2.75) is 32.8 Å². The number of nitrogens with two attached hydrogens (primary N) is 1. The summed E-state index contributed by atoms with van der Waals surface area (Å²) in [6.07, 6.45) is 3.24. The van der Waals surface area contributed by atoms with Gasteiger partial charge in [0.05, 0.1) is 17.8 Å². The second-order valence-electron chi connectivity index (χ2n) is 7.63. The van der Waals surface area contributed by atoms with Crippen LogP contribution in [0.3, 0.4) is 0 Å². The van der Waals surface area contributed by atoms with E-state index in [0.717, 1.165) is 11.1 Å². The number of esters is 1. The van der Waals surface area contributed by atoms with Crippen LogP contribution in [-0.2, 0) is 20.7 Å². The van der Waals surface area contributed by atoms with Gasteiger partial charge in [0.25, 0.3) is 0 Å². The van der Waals surface area contributed by atoms with E-state index in [1.54, 1.807) is 18.2 Å². The van der Waals surface area contributed by atoms with Crippen LogP contribution in [0.4, 0.5) is 11.4 Å². The van der Waals surface area contributed by atoms with Gasteiger partial charge < -0.3 is 25.3 Å². The summed E-state index contributed by atoms with van der Waals surface area (Å²) >= 11 is 0. The summed E-state index contributed by atoms with van der Waals surface area (Å²) in [5.74, 6) is 0.515. The number of carbonyl (C=O) groups excluding carboxylic acids is 2. The molecule has 0 aromatic heterocycles. The predicted molar refractivity (Wildman–Crippen MR) is 111 cm³/mol. The highest BCUT2D eigenvalue weighted by molar-refractivity contribution is 5.96. The maximum absolute atomic E-state index is 12.4. The van der Waals surface area contributed by atoms with Crippen molar-refractivity contribution in [3.8, 4) is 11.5 Å². The summed E-state index contributed by atoms with van der Waals surface area (Å²) < 4.78 is 15.8. The van der Waals surface area contributed by atoms with E-state index in [-0.39, 0.29) is 19.1 Å². The van der Waals surface area contributed by atoms with Crippen molar-refractivity contribution in [2.75, 3.05) is 17.8 Å². The van der Waals surface area contributed by atoms with Gasteiger partial charge in [-0.15, -0.1) is 0 Å². The number of rotatable bonds is 5. The molecule has 0 spiro atoms. The molecule has 1 aliphatic heterocycles. The van der Waals surface area contributed by atoms with E-state index < -0.39 is 11.6 Å². The zero-order valence-corrected chi connectivity index (χ0v) is 16.7. The highest BCUT2D eigenvalue weighted by Gasteiger charge is 2.17. The first-order valence-corrected chi connectivity index (χ1v) is 9.18. The molecule has 0 atom stereocenters. The van der Waals surface area contributed by atoms with Crippen molar-refractivity contribution in [2.24, 2.45) is 0 Å². The molecule has 1 amide bonds. The number of hydrogen-bond donors (Lipinski definition) is 2. The fourth-order valence-corrected chi connectivity index (χ4v) is 2.69. The number of amides is 1. The zero-order chi connectivity index (χ0) is 21.0. The summed E-state index contributed by atoms with van der Waals surface area (Å²) in [7, 11) is 0. The van der Waals surface area contributed by atoms with Crippen molar-refractivity contribution in [3.05, 3.63) is 53.6 Å². The molecule has 7 nitrogen and oxygen atoms in total. The number of anilines is 2. The van der Waals surface area contributed by atoms with Crippen molar-refractivity contribution < 1.29 is 23.8 Å². The molecule has 1 heterocycles. The molecule has 3 rings (SSSR count). The monoisotopic (exact) mass is 396 g/mol. The molecular weight excluding hydrogens is 372 g/mol. The molecular formula is C22H24N2O5. The number of hydrogen-bond acceptors (Lipinski definition) is 6. The van der Waals surface area contributed by atoms with Crippen LogP contribution < -0.4 is 20.5 Å². The fourth-order valence-electron chi connectivity index (χ4n) is 2.69. The van der Waals surface area contributed by atoms with Crippen molar-refractivity contribution in [1.82, 2.24) is 0 Å². The second kappa shape index (κ2) is 8.26. The Morgan fingerprint density at radius 1 is 1.14 bits per heavy atom. The van der Waals surface area contributed by atoms with Crippen LogP contribution in [-0.4, -0.2) is 24.3 Å². The van der Waals surface area contributed by atoms with E-state index in [1.165, 1.54) is 6.08 Å². The molecule has 3 N–H and O–H groups in total. The molecule has 7 heteroatoms. The molecule has 0 bridgehead atoms. The van der Waals surface area contributed by atoms with Gasteiger partial charge in [-0.1, -0.05) is 24.3 Å². The number of benzene rings is 2. The zero-order valence-electron chi connectivity index (χ0n) is 16.7. The highest BCUT2D eigenvalue weighted by atomic mass is 16.7. The first-order chi connectivity index (χ1) is 13.7. The Morgan fingerprint density at radius 2 is 1.79 bits per heavy atom. The molecule has 0 unspecified atom stereocenters. The molecule has 0 saturated heterocycles. The van der Waals surface area contributed by atoms with Gasteiger partial charge in [0.2, 0.25) is 12.7 Å². The number of nitrogens with one attached hydrogen (secondary N) is 1. The molecule has 2 aromatic rings. The second-order valence-corrected chi connectivity index (χ2v) is 7.63. The van der Waals surface area contributed by atoms with Crippen molar-refractivity contribution >= 4 is 29.3 Å². The molecule has 0 aliphatic carbocycles. The number of nitrogen functional groups attached to an aromatic ring is 1. The van der Waals surface area contributed by atoms with Gasteiger partial charge in [-0.2, -0.15) is 0 Å². The Morgan fingerprint density at radius 3 is 2.45 bits per heavy atom. The fraction of sp³-hybridized carbons (Fsp3) is 0.273. The van der Waals surface area contributed by atoms with Crippen LogP contribution in [0.2, 0.25) is 0 Å². The Bertz CT molecular complexity index is 943. The third-order valence-electron chi connectivity index (χ3n) is 3.98. The van der Waals surface area contributed by atoms with Crippen LogP contribution in [0.15, 0.2) is 42.5 Å². The lowest BCUT2D eigenvalue weighted by atomic mass is 10.1. The van der Waals surface area contributed by atoms with Gasteiger partial charge in [0.1, 0.15) is 5.60 Å². The van der Waals surface area contributed by atoms with E-state index in [4.69, 9.17) is 19.9 Å². The average molecular weight is 396 g/mol. The lowest BCUT2D eigenvalue weighted by Gasteiger charge is -2.17. The third kappa shape index (κ3) is 5.75. The normalized spacial score (nSPS) is 12.8. The summed E-state index contributed by atoms with van der Waals surface area (Å²) in [5.41, 5.74) is 7.98. The maximum atomic E-state index is 12.4. The minimum Gasteiger partial charge on any atom is -0.457 e. The van der Waals surface area contributed by atoms with Crippen LogP contribution in [0.1, 0.15) is 31.9 Å². The Kier molecular flexibility index (Phi) is 5.77. The van der Waals surface area contributed by atoms with Crippen LogP contribution >= 0.6 is 0 Å². The quantitative estimate of drug-likeness (QED) is 0.456. The largest absolute Gasteiger partial charge is 0.457 e. The molecule has 0 radical (unpaired) electrons. The standard InChI is InChI=1S/C22H24N2O5/c1-22(2,3)29-21(26)9-8-14-4-6-15(7-5-14)10-20(25)24-17-12-19-18(11-16(17)23)27-13-28-19/h4-9,11-12H,10,13,23H2,1-3H3,(H,24,25). The summed E-state index contributed by atoms with van der Waals surface area (Å²) in [4.78, 5) is 24.1. The number of carbonyl (C=O) groups is 2. The van der Waals surface area contributed by atoms with Crippen LogP contribution in [0.25, 0.3) is 6.08 Å². The lowest BCUT2D eigenvalue weighted by Crippen LogP contribution is -2.22. The number of ether oxygens (including phenoxy) is 3. The Hall–Kier alpha value is -3.48. The molecule has 1 aliphatic rings. The van der Waals surface area contributed by atoms with Crippen LogP contribution in [0, 0.1) is 0 Å². The van der Waals surface area contributed by atoms with E-state index in [1.807, 2.05) is 45.0 Å². The molecule has 0 fully saturated rings. The van der Waals surface area contributed by atoms with Gasteiger partial charge >= 0.3 is 5.97 Å². The molecule has 0 saturated carbocycles. The van der Waals surface area contributed by atoms with E-state index >= 15 is 0 Å². The van der Waals surface area contributed by atoms with Gasteiger partial charge in [0, 0.05) is 18.2 Å². The predicted octanol–water partition coefficient (Wildman–Crippen LogP) is 3.53. The summed E-state index contributed by atoms with van der Waals surface area (Å²) in [6, 6.07) is 10.6.